The molecule has 0 unspecified atom stereocenters. The van der Waals surface area contributed by atoms with Crippen LogP contribution < -0.4 is 5.32 Å². The van der Waals surface area contributed by atoms with Gasteiger partial charge in [-0.1, -0.05) is 0 Å². The molecule has 1 saturated heterocycles. The second-order valence-electron chi connectivity index (χ2n) is 5.38. The minimum Gasteiger partial charge on any atom is -0.391 e. The van der Waals surface area contributed by atoms with Gasteiger partial charge in [-0.15, -0.1) is 0 Å². The molecule has 0 amide bonds. The highest BCUT2D eigenvalue weighted by atomic mass is 19.4. The van der Waals surface area contributed by atoms with Gasteiger partial charge in [0.1, 0.15) is 5.56 Å². The molecule has 1 heterocycles. The summed E-state index contributed by atoms with van der Waals surface area (Å²) in [5.41, 5.74) is -2.23. The smallest absolute Gasteiger partial charge is 0.391 e. The fraction of sp³-hybridized carbons (Fsp3) is 0.571. The predicted octanol–water partition coefficient (Wildman–Crippen LogP) is 2.81. The number of anilines is 1. The van der Waals surface area contributed by atoms with Gasteiger partial charge in [-0.05, 0) is 30.9 Å². The zero-order valence-corrected chi connectivity index (χ0v) is 12.2. The molecular weight excluding hydrogens is 317 g/mol. The van der Waals surface area contributed by atoms with Crippen molar-refractivity contribution in [3.05, 3.63) is 33.9 Å². The lowest BCUT2D eigenvalue weighted by atomic mass is 9.94. The van der Waals surface area contributed by atoms with E-state index in [1.165, 1.54) is 6.07 Å². The molecule has 0 bridgehead atoms. The molecule has 1 fully saturated rings. The summed E-state index contributed by atoms with van der Waals surface area (Å²) in [6.45, 7) is 1.18. The van der Waals surface area contributed by atoms with Crippen LogP contribution in [0.15, 0.2) is 18.2 Å². The van der Waals surface area contributed by atoms with E-state index in [2.05, 4.69) is 5.32 Å². The maximum absolute atomic E-state index is 12.9. The Balaban J connectivity index is 2.06. The van der Waals surface area contributed by atoms with E-state index < -0.39 is 28.5 Å². The van der Waals surface area contributed by atoms with Crippen LogP contribution in [0.4, 0.5) is 24.5 Å². The molecule has 1 aliphatic rings. The van der Waals surface area contributed by atoms with Crippen molar-refractivity contribution in [2.24, 2.45) is 5.92 Å². The Labute approximate surface area is 130 Å². The Bertz CT molecular complexity index is 559. The first-order chi connectivity index (χ1) is 10.8. The highest BCUT2D eigenvalue weighted by Crippen LogP contribution is 2.37. The third-order valence-corrected chi connectivity index (χ3v) is 3.82. The summed E-state index contributed by atoms with van der Waals surface area (Å²) in [5.74, 6) is 0.0244. The quantitative estimate of drug-likeness (QED) is 0.639. The molecule has 1 aromatic carbocycles. The molecule has 6 nitrogen and oxygen atoms in total. The predicted molar refractivity (Wildman–Crippen MR) is 76.1 cm³/mol. The molecule has 0 aromatic heterocycles. The molecule has 0 saturated carbocycles. The normalized spacial score (nSPS) is 17.7. The van der Waals surface area contributed by atoms with E-state index in [4.69, 9.17) is 4.74 Å². The molecule has 0 spiro atoms. The first-order valence-corrected chi connectivity index (χ1v) is 7.14. The largest absolute Gasteiger partial charge is 0.423 e. The molecule has 1 aliphatic heterocycles. The number of nitrogens with one attached hydrogen (secondary N) is 1. The first-order valence-electron chi connectivity index (χ1n) is 7.14. The summed E-state index contributed by atoms with van der Waals surface area (Å²) in [4.78, 5) is 9.62. The van der Waals surface area contributed by atoms with Crippen LogP contribution in [-0.2, 0) is 10.9 Å². The van der Waals surface area contributed by atoms with Crippen LogP contribution in [-0.4, -0.2) is 35.9 Å². The van der Waals surface area contributed by atoms with E-state index in [9.17, 15) is 28.4 Å². The zero-order valence-electron chi connectivity index (χ0n) is 12.2. The van der Waals surface area contributed by atoms with E-state index >= 15 is 0 Å². The highest BCUT2D eigenvalue weighted by Gasteiger charge is 2.38. The molecule has 1 atom stereocenters. The average Bonchev–Trinajstić information content (AvgIpc) is 2.52. The van der Waals surface area contributed by atoms with Gasteiger partial charge < -0.3 is 15.2 Å². The second-order valence-corrected chi connectivity index (χ2v) is 5.38. The first kappa shape index (κ1) is 17.5. The summed E-state index contributed by atoms with van der Waals surface area (Å²) >= 11 is 0. The maximum atomic E-state index is 12.9. The van der Waals surface area contributed by atoms with Gasteiger partial charge in [0.25, 0.3) is 5.69 Å². The number of nitro groups is 1. The second kappa shape index (κ2) is 7.14. The van der Waals surface area contributed by atoms with Crippen LogP contribution >= 0.6 is 0 Å². The highest BCUT2D eigenvalue weighted by molar-refractivity contribution is 5.55. The monoisotopic (exact) mass is 334 g/mol. The number of halogens is 3. The van der Waals surface area contributed by atoms with E-state index in [-0.39, 0.29) is 18.2 Å². The lowest BCUT2D eigenvalue weighted by Gasteiger charge is -2.27. The minimum atomic E-state index is -4.82. The number of alkyl halides is 3. The molecule has 0 aliphatic carbocycles. The number of benzene rings is 1. The summed E-state index contributed by atoms with van der Waals surface area (Å²) in [5, 5.41) is 23.5. The molecule has 9 heteroatoms. The van der Waals surface area contributed by atoms with Gasteiger partial charge in [0.2, 0.25) is 0 Å². The molecule has 128 valence electrons. The van der Waals surface area contributed by atoms with Crippen molar-refractivity contribution in [3.63, 3.8) is 0 Å². The van der Waals surface area contributed by atoms with Gasteiger partial charge in [-0.3, -0.25) is 10.1 Å². The molecule has 2 rings (SSSR count). The van der Waals surface area contributed by atoms with Crippen LogP contribution in [0.1, 0.15) is 18.4 Å². The van der Waals surface area contributed by atoms with E-state index in [0.717, 1.165) is 6.07 Å². The summed E-state index contributed by atoms with van der Waals surface area (Å²) in [6, 6.07) is 2.70. The van der Waals surface area contributed by atoms with Gasteiger partial charge >= 0.3 is 6.18 Å². The third kappa shape index (κ3) is 4.55. The van der Waals surface area contributed by atoms with Crippen molar-refractivity contribution < 1.29 is 27.9 Å². The van der Waals surface area contributed by atoms with Crippen molar-refractivity contribution in [2.45, 2.75) is 25.1 Å². The Hall–Kier alpha value is -1.87. The van der Waals surface area contributed by atoms with E-state index in [1.807, 2.05) is 0 Å². The lowest BCUT2D eigenvalue weighted by molar-refractivity contribution is -0.388. The standard InChI is InChI=1S/C14H17F3N2O4/c15-14(16,17)11-7-10(1-2-12(11)19(21)22)18-8-13(20)9-3-5-23-6-4-9/h1-2,7,9,13,18,20H,3-6,8H2/t13-/m0/s1. The molecule has 2 N–H and O–H groups in total. The topological polar surface area (TPSA) is 84.6 Å². The molecular formula is C14H17F3N2O4. The van der Waals surface area contributed by atoms with Gasteiger partial charge in [0, 0.05) is 31.5 Å². The molecule has 23 heavy (non-hydrogen) atoms. The van der Waals surface area contributed by atoms with Gasteiger partial charge in [-0.25, -0.2) is 0 Å². The number of nitro benzene ring substituents is 1. The summed E-state index contributed by atoms with van der Waals surface area (Å²) in [7, 11) is 0. The molecule has 1 aromatic rings. The maximum Gasteiger partial charge on any atom is 0.423 e. The van der Waals surface area contributed by atoms with E-state index in [0.29, 0.717) is 32.1 Å². The van der Waals surface area contributed by atoms with Crippen molar-refractivity contribution in [1.29, 1.82) is 0 Å². The Kier molecular flexibility index (Phi) is 5.42. The molecule has 0 radical (unpaired) electrons. The van der Waals surface area contributed by atoms with Gasteiger partial charge in [-0.2, -0.15) is 13.2 Å². The minimum absolute atomic E-state index is 0.0244. The fourth-order valence-electron chi connectivity index (χ4n) is 2.52. The Morgan fingerprint density at radius 3 is 2.61 bits per heavy atom. The number of ether oxygens (including phenoxy) is 1. The average molecular weight is 334 g/mol. The van der Waals surface area contributed by atoms with Gasteiger partial charge in [0.05, 0.1) is 11.0 Å². The van der Waals surface area contributed by atoms with E-state index in [1.54, 1.807) is 0 Å². The van der Waals surface area contributed by atoms with Crippen molar-refractivity contribution in [2.75, 3.05) is 25.1 Å². The summed E-state index contributed by atoms with van der Waals surface area (Å²) < 4.78 is 43.8. The number of hydrogen-bond donors (Lipinski definition) is 2. The Morgan fingerprint density at radius 1 is 1.39 bits per heavy atom. The number of hydrogen-bond acceptors (Lipinski definition) is 5. The van der Waals surface area contributed by atoms with Crippen LogP contribution in [0.5, 0.6) is 0 Å². The Morgan fingerprint density at radius 2 is 2.04 bits per heavy atom. The summed E-state index contributed by atoms with van der Waals surface area (Å²) in [6.07, 6.45) is -4.16. The lowest BCUT2D eigenvalue weighted by Crippen LogP contribution is -2.32. The van der Waals surface area contributed by atoms with Crippen LogP contribution in [0.25, 0.3) is 0 Å². The third-order valence-electron chi connectivity index (χ3n) is 3.82. The fourth-order valence-corrected chi connectivity index (χ4v) is 2.52. The van der Waals surface area contributed by atoms with Gasteiger partial charge in [0.15, 0.2) is 0 Å². The zero-order chi connectivity index (χ0) is 17.0. The van der Waals surface area contributed by atoms with Crippen LogP contribution in [0.3, 0.4) is 0 Å². The van der Waals surface area contributed by atoms with Crippen LogP contribution in [0, 0.1) is 16.0 Å². The number of rotatable bonds is 5. The SMILES string of the molecule is O=[N+]([O-])c1ccc(NC[C@H](O)C2CCOCC2)cc1C(F)(F)F. The number of nitrogens with zero attached hydrogens (tertiary/aromatic N) is 1. The number of aliphatic hydroxyl groups excluding tert-OH is 1. The van der Waals surface area contributed by atoms with Crippen molar-refractivity contribution >= 4 is 11.4 Å². The van der Waals surface area contributed by atoms with Crippen molar-refractivity contribution in [1.82, 2.24) is 0 Å². The van der Waals surface area contributed by atoms with Crippen LogP contribution in [0.2, 0.25) is 0 Å². The number of aliphatic hydroxyl groups is 1. The van der Waals surface area contributed by atoms with Crippen molar-refractivity contribution in [3.8, 4) is 0 Å².